The van der Waals surface area contributed by atoms with Gasteiger partial charge in [-0.2, -0.15) is 0 Å². The van der Waals surface area contributed by atoms with Crippen LogP contribution in [0.4, 0.5) is 0 Å². The standard InChI is InChI=1S/C23H22N2O5/c1-13-20(29-22(24-13)15-5-9-17(27-3)10-6-15)19(26)21-14(2)25-23(30-21)16-7-11-18(28-4)12-8-16/h5-12,19,26H,1-4H3. The molecule has 2 aromatic carbocycles. The number of hydrogen-bond donors (Lipinski definition) is 1. The van der Waals surface area contributed by atoms with Crippen LogP contribution >= 0.6 is 0 Å². The van der Waals surface area contributed by atoms with Gasteiger partial charge >= 0.3 is 0 Å². The predicted molar refractivity (Wildman–Crippen MR) is 111 cm³/mol. The van der Waals surface area contributed by atoms with Gasteiger partial charge < -0.3 is 23.4 Å². The van der Waals surface area contributed by atoms with Crippen LogP contribution in [0.3, 0.4) is 0 Å². The number of aryl methyl sites for hydroxylation is 2. The van der Waals surface area contributed by atoms with Gasteiger partial charge in [0.25, 0.3) is 0 Å². The van der Waals surface area contributed by atoms with E-state index in [4.69, 9.17) is 18.3 Å². The largest absolute Gasteiger partial charge is 0.497 e. The minimum atomic E-state index is -1.12. The average molecular weight is 406 g/mol. The van der Waals surface area contributed by atoms with E-state index in [1.54, 1.807) is 28.1 Å². The summed E-state index contributed by atoms with van der Waals surface area (Å²) in [6.45, 7) is 3.57. The number of aliphatic hydroxyl groups excluding tert-OH is 1. The molecule has 0 aliphatic carbocycles. The van der Waals surface area contributed by atoms with E-state index in [0.717, 1.165) is 22.6 Å². The van der Waals surface area contributed by atoms with E-state index in [1.165, 1.54) is 0 Å². The van der Waals surface area contributed by atoms with Crippen LogP contribution in [0.1, 0.15) is 29.0 Å². The Morgan fingerprint density at radius 3 is 1.40 bits per heavy atom. The van der Waals surface area contributed by atoms with Gasteiger partial charge in [-0.25, -0.2) is 9.97 Å². The molecule has 4 rings (SSSR count). The van der Waals surface area contributed by atoms with Crippen LogP contribution in [0.2, 0.25) is 0 Å². The maximum atomic E-state index is 10.9. The van der Waals surface area contributed by atoms with E-state index >= 15 is 0 Å². The molecule has 0 unspecified atom stereocenters. The lowest BCUT2D eigenvalue weighted by Crippen LogP contribution is -2.00. The van der Waals surface area contributed by atoms with Crippen molar-refractivity contribution >= 4 is 0 Å². The summed E-state index contributed by atoms with van der Waals surface area (Å²) in [4.78, 5) is 8.91. The number of nitrogens with zero attached hydrogens (tertiary/aromatic N) is 2. The highest BCUT2D eigenvalue weighted by molar-refractivity contribution is 5.56. The van der Waals surface area contributed by atoms with Gasteiger partial charge in [-0.3, -0.25) is 0 Å². The van der Waals surface area contributed by atoms with Gasteiger partial charge in [0.15, 0.2) is 17.6 Å². The van der Waals surface area contributed by atoms with Crippen LogP contribution in [-0.4, -0.2) is 29.3 Å². The molecule has 2 aromatic heterocycles. The van der Waals surface area contributed by atoms with Crippen LogP contribution in [0.5, 0.6) is 11.5 Å². The van der Waals surface area contributed by atoms with Crippen molar-refractivity contribution < 1.29 is 23.4 Å². The minimum Gasteiger partial charge on any atom is -0.497 e. The Hall–Kier alpha value is -3.58. The Balaban J connectivity index is 1.63. The van der Waals surface area contributed by atoms with Crippen LogP contribution in [0.25, 0.3) is 22.9 Å². The fourth-order valence-electron chi connectivity index (χ4n) is 3.16. The van der Waals surface area contributed by atoms with Gasteiger partial charge in [0.05, 0.1) is 25.6 Å². The highest BCUT2D eigenvalue weighted by Crippen LogP contribution is 2.34. The fraction of sp³-hybridized carbons (Fsp3) is 0.217. The van der Waals surface area contributed by atoms with Crippen molar-refractivity contribution in [2.75, 3.05) is 14.2 Å². The van der Waals surface area contributed by atoms with E-state index in [2.05, 4.69) is 9.97 Å². The molecule has 0 atom stereocenters. The fourth-order valence-corrected chi connectivity index (χ4v) is 3.16. The third-order valence-electron chi connectivity index (χ3n) is 4.84. The number of aliphatic hydroxyl groups is 1. The number of hydrogen-bond acceptors (Lipinski definition) is 7. The van der Waals surface area contributed by atoms with Gasteiger partial charge in [0.2, 0.25) is 11.8 Å². The molecule has 0 bridgehead atoms. The normalized spacial score (nSPS) is 11.1. The topological polar surface area (TPSA) is 90.8 Å². The number of oxazole rings is 2. The van der Waals surface area contributed by atoms with Crippen molar-refractivity contribution in [3.05, 3.63) is 71.4 Å². The average Bonchev–Trinajstić information content (AvgIpc) is 3.36. The third-order valence-corrected chi connectivity index (χ3v) is 4.84. The lowest BCUT2D eigenvalue weighted by atomic mass is 10.1. The molecule has 0 aliphatic heterocycles. The summed E-state index contributed by atoms with van der Waals surface area (Å²) in [7, 11) is 3.22. The molecule has 1 N–H and O–H groups in total. The molecule has 0 amide bonds. The van der Waals surface area contributed by atoms with Crippen LogP contribution in [0, 0.1) is 13.8 Å². The molecule has 0 aliphatic rings. The molecular formula is C23H22N2O5. The smallest absolute Gasteiger partial charge is 0.226 e. The second-order valence-corrected chi connectivity index (χ2v) is 6.80. The second kappa shape index (κ2) is 8.04. The molecule has 7 nitrogen and oxygen atoms in total. The molecule has 0 spiro atoms. The summed E-state index contributed by atoms with van der Waals surface area (Å²) in [6.07, 6.45) is -1.12. The third kappa shape index (κ3) is 3.67. The van der Waals surface area contributed by atoms with E-state index in [9.17, 15) is 5.11 Å². The molecule has 0 saturated carbocycles. The van der Waals surface area contributed by atoms with Crippen molar-refractivity contribution in [2.45, 2.75) is 20.0 Å². The van der Waals surface area contributed by atoms with Crippen molar-refractivity contribution in [1.82, 2.24) is 9.97 Å². The molecule has 2 heterocycles. The first-order valence-corrected chi connectivity index (χ1v) is 9.41. The summed E-state index contributed by atoms with van der Waals surface area (Å²) in [5.41, 5.74) is 2.72. The molecule has 7 heteroatoms. The predicted octanol–water partition coefficient (Wildman–Crippen LogP) is 4.71. The maximum Gasteiger partial charge on any atom is 0.226 e. The summed E-state index contributed by atoms with van der Waals surface area (Å²) in [5.74, 6) is 2.95. The van der Waals surface area contributed by atoms with Gasteiger partial charge in [-0.1, -0.05) is 0 Å². The van der Waals surface area contributed by atoms with Crippen molar-refractivity contribution in [1.29, 1.82) is 0 Å². The Morgan fingerprint density at radius 1 is 0.700 bits per heavy atom. The molecule has 154 valence electrons. The number of ether oxygens (including phenoxy) is 2. The summed E-state index contributed by atoms with van der Waals surface area (Å²) in [6, 6.07) is 14.7. The van der Waals surface area contributed by atoms with Crippen molar-refractivity contribution in [3.8, 4) is 34.4 Å². The van der Waals surface area contributed by atoms with E-state index < -0.39 is 6.10 Å². The number of aromatic nitrogens is 2. The zero-order chi connectivity index (χ0) is 21.3. The second-order valence-electron chi connectivity index (χ2n) is 6.80. The molecular weight excluding hydrogens is 384 g/mol. The lowest BCUT2D eigenvalue weighted by Gasteiger charge is -2.06. The maximum absolute atomic E-state index is 10.9. The number of methoxy groups -OCH3 is 2. The quantitative estimate of drug-likeness (QED) is 0.496. The Labute approximate surface area is 173 Å². The molecule has 0 radical (unpaired) electrons. The zero-order valence-electron chi connectivity index (χ0n) is 17.2. The van der Waals surface area contributed by atoms with Crippen LogP contribution in [0.15, 0.2) is 57.4 Å². The first kappa shape index (κ1) is 19.7. The molecule has 30 heavy (non-hydrogen) atoms. The molecule has 0 saturated heterocycles. The van der Waals surface area contributed by atoms with E-state index in [-0.39, 0.29) is 0 Å². The van der Waals surface area contributed by atoms with Gasteiger partial charge in [0, 0.05) is 11.1 Å². The Morgan fingerprint density at radius 2 is 1.07 bits per heavy atom. The Kier molecular flexibility index (Phi) is 5.29. The van der Waals surface area contributed by atoms with Crippen LogP contribution < -0.4 is 9.47 Å². The molecule has 0 fully saturated rings. The summed E-state index contributed by atoms with van der Waals surface area (Å²) in [5, 5.41) is 10.9. The van der Waals surface area contributed by atoms with Crippen molar-refractivity contribution in [2.24, 2.45) is 0 Å². The van der Waals surface area contributed by atoms with E-state index in [1.807, 2.05) is 48.5 Å². The first-order valence-electron chi connectivity index (χ1n) is 9.41. The van der Waals surface area contributed by atoms with Gasteiger partial charge in [0.1, 0.15) is 11.5 Å². The lowest BCUT2D eigenvalue weighted by molar-refractivity contribution is 0.162. The van der Waals surface area contributed by atoms with Gasteiger partial charge in [-0.15, -0.1) is 0 Å². The molecule has 4 aromatic rings. The monoisotopic (exact) mass is 406 g/mol. The Bertz CT molecular complexity index is 1050. The van der Waals surface area contributed by atoms with Crippen molar-refractivity contribution in [3.63, 3.8) is 0 Å². The number of rotatable bonds is 6. The van der Waals surface area contributed by atoms with E-state index in [0.29, 0.717) is 34.7 Å². The summed E-state index contributed by atoms with van der Waals surface area (Å²) < 4.78 is 22.1. The zero-order valence-corrected chi connectivity index (χ0v) is 17.2. The van der Waals surface area contributed by atoms with Crippen LogP contribution in [-0.2, 0) is 0 Å². The SMILES string of the molecule is COc1ccc(-c2nc(C)c(C(O)c3oc(-c4ccc(OC)cc4)nc3C)o2)cc1. The summed E-state index contributed by atoms with van der Waals surface area (Å²) >= 11 is 0. The highest BCUT2D eigenvalue weighted by atomic mass is 16.5. The highest BCUT2D eigenvalue weighted by Gasteiger charge is 2.26. The first-order chi connectivity index (χ1) is 14.5. The minimum absolute atomic E-state index is 0.321. The van der Waals surface area contributed by atoms with Gasteiger partial charge in [-0.05, 0) is 62.4 Å². The number of benzene rings is 2.